The van der Waals surface area contributed by atoms with Gasteiger partial charge in [0.15, 0.2) is 0 Å². The van der Waals surface area contributed by atoms with Crippen molar-refractivity contribution in [2.24, 2.45) is 0 Å². The maximum absolute atomic E-state index is 11.8. The Kier molecular flexibility index (Phi) is 4.10. The summed E-state index contributed by atoms with van der Waals surface area (Å²) in [5, 5.41) is 0. The van der Waals surface area contributed by atoms with Crippen LogP contribution in [0.5, 0.6) is 0 Å². The Morgan fingerprint density at radius 2 is 2.08 bits per heavy atom. The SMILES string of the molecule is CC(C)(Br)C(=O)N1CCCSCC1. The molecule has 0 bridgehead atoms. The molecular weight excluding hydrogens is 250 g/mol. The van der Waals surface area contributed by atoms with Gasteiger partial charge in [-0.15, -0.1) is 0 Å². The molecule has 2 nitrogen and oxygen atoms in total. The quantitative estimate of drug-likeness (QED) is 0.678. The minimum Gasteiger partial charge on any atom is -0.341 e. The van der Waals surface area contributed by atoms with Crippen LogP contribution in [0.2, 0.25) is 0 Å². The van der Waals surface area contributed by atoms with Crippen molar-refractivity contribution < 1.29 is 4.79 Å². The van der Waals surface area contributed by atoms with Gasteiger partial charge in [0.1, 0.15) is 0 Å². The number of carbonyl (C=O) groups is 1. The predicted molar refractivity (Wildman–Crippen MR) is 61.5 cm³/mol. The number of amides is 1. The van der Waals surface area contributed by atoms with Crippen molar-refractivity contribution in [3.8, 4) is 0 Å². The fourth-order valence-electron chi connectivity index (χ4n) is 1.33. The number of hydrogen-bond donors (Lipinski definition) is 0. The molecule has 1 rings (SSSR count). The van der Waals surface area contributed by atoms with E-state index in [9.17, 15) is 4.79 Å². The van der Waals surface area contributed by atoms with Crippen molar-refractivity contribution in [2.75, 3.05) is 24.6 Å². The van der Waals surface area contributed by atoms with Gasteiger partial charge in [0.05, 0.1) is 4.32 Å². The van der Waals surface area contributed by atoms with Crippen molar-refractivity contribution in [3.63, 3.8) is 0 Å². The van der Waals surface area contributed by atoms with Crippen LogP contribution in [0.3, 0.4) is 0 Å². The third-order valence-electron chi connectivity index (χ3n) is 2.02. The molecule has 0 spiro atoms. The van der Waals surface area contributed by atoms with Crippen LogP contribution < -0.4 is 0 Å². The lowest BCUT2D eigenvalue weighted by Crippen LogP contribution is -2.42. The second-order valence-electron chi connectivity index (χ2n) is 3.73. The van der Waals surface area contributed by atoms with Gasteiger partial charge in [-0.3, -0.25) is 4.79 Å². The fourth-order valence-corrected chi connectivity index (χ4v) is 2.46. The van der Waals surface area contributed by atoms with Crippen LogP contribution in [0, 0.1) is 0 Å². The lowest BCUT2D eigenvalue weighted by Gasteiger charge is -2.26. The fraction of sp³-hybridized carbons (Fsp3) is 0.889. The number of carbonyl (C=O) groups excluding carboxylic acids is 1. The average Bonchev–Trinajstić information content (AvgIpc) is 2.28. The molecule has 0 atom stereocenters. The molecule has 1 saturated heterocycles. The summed E-state index contributed by atoms with van der Waals surface area (Å²) in [6.07, 6.45) is 1.12. The van der Waals surface area contributed by atoms with Crippen molar-refractivity contribution in [1.29, 1.82) is 0 Å². The molecule has 1 fully saturated rings. The van der Waals surface area contributed by atoms with Crippen molar-refractivity contribution in [2.45, 2.75) is 24.6 Å². The molecule has 1 heterocycles. The van der Waals surface area contributed by atoms with E-state index >= 15 is 0 Å². The molecule has 0 radical (unpaired) electrons. The summed E-state index contributed by atoms with van der Waals surface area (Å²) >= 11 is 5.35. The summed E-state index contributed by atoms with van der Waals surface area (Å²) in [4.78, 5) is 13.8. The molecule has 76 valence electrons. The van der Waals surface area contributed by atoms with E-state index in [1.54, 1.807) is 0 Å². The van der Waals surface area contributed by atoms with Gasteiger partial charge in [-0.2, -0.15) is 11.8 Å². The van der Waals surface area contributed by atoms with Crippen LogP contribution in [0.25, 0.3) is 0 Å². The van der Waals surface area contributed by atoms with Crippen LogP contribution in [0.15, 0.2) is 0 Å². The lowest BCUT2D eigenvalue weighted by molar-refractivity contribution is -0.132. The molecule has 4 heteroatoms. The number of hydrogen-bond acceptors (Lipinski definition) is 2. The Hall–Kier alpha value is 0.300. The lowest BCUT2D eigenvalue weighted by atomic mass is 10.2. The van der Waals surface area contributed by atoms with Crippen molar-refractivity contribution in [3.05, 3.63) is 0 Å². The number of halogens is 1. The van der Waals surface area contributed by atoms with Gasteiger partial charge in [0.2, 0.25) is 5.91 Å². The highest BCUT2D eigenvalue weighted by atomic mass is 79.9. The topological polar surface area (TPSA) is 20.3 Å². The Morgan fingerprint density at radius 1 is 1.38 bits per heavy atom. The Balaban J connectivity index is 2.54. The monoisotopic (exact) mass is 265 g/mol. The van der Waals surface area contributed by atoms with Gasteiger partial charge < -0.3 is 4.90 Å². The first-order valence-corrected chi connectivity index (χ1v) is 6.52. The molecule has 0 unspecified atom stereocenters. The van der Waals surface area contributed by atoms with Gasteiger partial charge in [0.25, 0.3) is 0 Å². The van der Waals surface area contributed by atoms with E-state index in [-0.39, 0.29) is 5.91 Å². The zero-order valence-corrected chi connectivity index (χ0v) is 10.6. The second kappa shape index (κ2) is 4.69. The van der Waals surface area contributed by atoms with Crippen molar-refractivity contribution >= 4 is 33.6 Å². The van der Waals surface area contributed by atoms with E-state index in [4.69, 9.17) is 0 Å². The minimum atomic E-state index is -0.401. The molecule has 0 N–H and O–H groups in total. The van der Waals surface area contributed by atoms with Crippen LogP contribution in [0.1, 0.15) is 20.3 Å². The molecule has 1 amide bonds. The largest absolute Gasteiger partial charge is 0.341 e. The Labute approximate surface area is 92.6 Å². The highest BCUT2D eigenvalue weighted by Crippen LogP contribution is 2.21. The van der Waals surface area contributed by atoms with Crippen LogP contribution >= 0.6 is 27.7 Å². The highest BCUT2D eigenvalue weighted by Gasteiger charge is 2.29. The molecular formula is C9H16BrNOS. The molecule has 0 aromatic heterocycles. The highest BCUT2D eigenvalue weighted by molar-refractivity contribution is 9.10. The molecule has 0 aliphatic carbocycles. The van der Waals surface area contributed by atoms with Gasteiger partial charge in [-0.25, -0.2) is 0 Å². The Morgan fingerprint density at radius 3 is 2.69 bits per heavy atom. The maximum Gasteiger partial charge on any atom is 0.238 e. The molecule has 1 aliphatic heterocycles. The molecule has 0 saturated carbocycles. The zero-order chi connectivity index (χ0) is 9.90. The van der Waals surface area contributed by atoms with E-state index in [0.717, 1.165) is 25.3 Å². The van der Waals surface area contributed by atoms with Gasteiger partial charge >= 0.3 is 0 Å². The summed E-state index contributed by atoms with van der Waals surface area (Å²) in [5.41, 5.74) is 0. The summed E-state index contributed by atoms with van der Waals surface area (Å²) in [7, 11) is 0. The molecule has 1 aliphatic rings. The zero-order valence-electron chi connectivity index (χ0n) is 8.18. The van der Waals surface area contributed by atoms with Crippen LogP contribution in [-0.4, -0.2) is 39.7 Å². The predicted octanol–water partition coefficient (Wildman–Crippen LogP) is 2.13. The van der Waals surface area contributed by atoms with E-state index in [2.05, 4.69) is 15.9 Å². The Bertz CT molecular complexity index is 183. The number of thioether (sulfide) groups is 1. The number of rotatable bonds is 1. The first kappa shape index (κ1) is 11.4. The summed E-state index contributed by atoms with van der Waals surface area (Å²) < 4.78 is -0.401. The van der Waals surface area contributed by atoms with Crippen molar-refractivity contribution in [1.82, 2.24) is 4.90 Å². The van der Waals surface area contributed by atoms with Crippen LogP contribution in [-0.2, 0) is 4.79 Å². The first-order valence-electron chi connectivity index (χ1n) is 4.58. The van der Waals surface area contributed by atoms with Gasteiger partial charge in [0, 0.05) is 18.8 Å². The van der Waals surface area contributed by atoms with Gasteiger partial charge in [-0.05, 0) is 26.0 Å². The van der Waals surface area contributed by atoms with Crippen LogP contribution in [0.4, 0.5) is 0 Å². The van der Waals surface area contributed by atoms with E-state index in [1.165, 1.54) is 5.75 Å². The second-order valence-corrected chi connectivity index (χ2v) is 6.94. The average molecular weight is 266 g/mol. The smallest absolute Gasteiger partial charge is 0.238 e. The molecule has 13 heavy (non-hydrogen) atoms. The maximum atomic E-state index is 11.8. The third-order valence-corrected chi connectivity index (χ3v) is 3.41. The first-order chi connectivity index (χ1) is 6.02. The molecule has 0 aromatic carbocycles. The summed E-state index contributed by atoms with van der Waals surface area (Å²) in [5.74, 6) is 2.48. The normalized spacial score (nSPS) is 19.8. The third kappa shape index (κ3) is 3.50. The van der Waals surface area contributed by atoms with E-state index < -0.39 is 4.32 Å². The van der Waals surface area contributed by atoms with E-state index in [1.807, 2.05) is 30.5 Å². The standard InChI is InChI=1S/C9H16BrNOS/c1-9(2,10)8(12)11-4-3-6-13-7-5-11/h3-7H2,1-2H3. The number of nitrogens with zero attached hydrogens (tertiary/aromatic N) is 1. The molecule has 0 aromatic rings. The van der Waals surface area contributed by atoms with E-state index in [0.29, 0.717) is 0 Å². The minimum absolute atomic E-state index is 0.218. The van der Waals surface area contributed by atoms with Gasteiger partial charge in [-0.1, -0.05) is 15.9 Å². The summed E-state index contributed by atoms with van der Waals surface area (Å²) in [6.45, 7) is 5.64. The summed E-state index contributed by atoms with van der Waals surface area (Å²) in [6, 6.07) is 0. The number of alkyl halides is 1.